The highest BCUT2D eigenvalue weighted by Crippen LogP contribution is 2.14. The van der Waals surface area contributed by atoms with Crippen LogP contribution >= 0.6 is 11.6 Å². The van der Waals surface area contributed by atoms with E-state index >= 15 is 0 Å². The van der Waals surface area contributed by atoms with Gasteiger partial charge in [0.15, 0.2) is 0 Å². The van der Waals surface area contributed by atoms with Gasteiger partial charge < -0.3 is 15.0 Å². The summed E-state index contributed by atoms with van der Waals surface area (Å²) < 4.78 is 18.7. The predicted octanol–water partition coefficient (Wildman–Crippen LogP) is 1.90. The highest BCUT2D eigenvalue weighted by atomic mass is 35.5. The van der Waals surface area contributed by atoms with Crippen molar-refractivity contribution >= 4 is 11.6 Å². The molecule has 0 amide bonds. The van der Waals surface area contributed by atoms with Gasteiger partial charge in [0.05, 0.1) is 12.7 Å². The van der Waals surface area contributed by atoms with Crippen molar-refractivity contribution in [3.05, 3.63) is 34.6 Å². The lowest BCUT2D eigenvalue weighted by Crippen LogP contribution is -2.44. The molecule has 1 heterocycles. The number of morpholine rings is 1. The second-order valence-corrected chi connectivity index (χ2v) is 5.10. The molecule has 1 aromatic rings. The zero-order valence-electron chi connectivity index (χ0n) is 10.5. The van der Waals surface area contributed by atoms with Crippen molar-refractivity contribution < 1.29 is 9.13 Å². The lowest BCUT2D eigenvalue weighted by atomic mass is 10.2. The van der Waals surface area contributed by atoms with E-state index < -0.39 is 0 Å². The molecular formula is C13H18ClFN2O. The van der Waals surface area contributed by atoms with Crippen molar-refractivity contribution in [3.63, 3.8) is 0 Å². The summed E-state index contributed by atoms with van der Waals surface area (Å²) in [7, 11) is 2.09. The van der Waals surface area contributed by atoms with Crippen molar-refractivity contribution in [2.24, 2.45) is 0 Å². The first kappa shape index (κ1) is 13.7. The van der Waals surface area contributed by atoms with E-state index in [0.717, 1.165) is 31.8 Å². The van der Waals surface area contributed by atoms with Crippen molar-refractivity contribution in [1.29, 1.82) is 0 Å². The smallest absolute Gasteiger partial charge is 0.125 e. The molecule has 2 rings (SSSR count). The van der Waals surface area contributed by atoms with Gasteiger partial charge in [-0.25, -0.2) is 4.39 Å². The minimum absolute atomic E-state index is 0.202. The van der Waals surface area contributed by atoms with Crippen LogP contribution in [0.15, 0.2) is 18.2 Å². The summed E-state index contributed by atoms with van der Waals surface area (Å²) in [4.78, 5) is 2.24. The molecule has 3 nitrogen and oxygen atoms in total. The molecule has 1 aromatic carbocycles. The van der Waals surface area contributed by atoms with Crippen LogP contribution in [0.5, 0.6) is 0 Å². The minimum atomic E-state index is -0.298. The van der Waals surface area contributed by atoms with Crippen LogP contribution in [0.3, 0.4) is 0 Å². The van der Waals surface area contributed by atoms with Gasteiger partial charge in [-0.1, -0.05) is 11.6 Å². The third-order valence-corrected chi connectivity index (χ3v) is 3.18. The monoisotopic (exact) mass is 272 g/mol. The fourth-order valence-corrected chi connectivity index (χ4v) is 2.33. The molecule has 1 aliphatic rings. The molecule has 0 saturated carbocycles. The van der Waals surface area contributed by atoms with Crippen molar-refractivity contribution in [2.75, 3.05) is 33.3 Å². The Labute approximate surface area is 112 Å². The Kier molecular flexibility index (Phi) is 4.95. The first-order valence-electron chi connectivity index (χ1n) is 6.09. The molecule has 0 spiro atoms. The van der Waals surface area contributed by atoms with Gasteiger partial charge in [-0.05, 0) is 30.8 Å². The fraction of sp³-hybridized carbons (Fsp3) is 0.538. The van der Waals surface area contributed by atoms with Gasteiger partial charge in [0.25, 0.3) is 0 Å². The van der Waals surface area contributed by atoms with Crippen LogP contribution in [0.1, 0.15) is 5.56 Å². The number of nitrogens with zero attached hydrogens (tertiary/aromatic N) is 1. The fourth-order valence-electron chi connectivity index (χ4n) is 2.08. The third kappa shape index (κ3) is 4.21. The van der Waals surface area contributed by atoms with E-state index in [2.05, 4.69) is 17.3 Å². The van der Waals surface area contributed by atoms with E-state index in [9.17, 15) is 4.39 Å². The van der Waals surface area contributed by atoms with E-state index in [0.29, 0.717) is 11.6 Å². The summed E-state index contributed by atoms with van der Waals surface area (Å²) in [5, 5.41) is 3.70. The number of halogens is 2. The summed E-state index contributed by atoms with van der Waals surface area (Å²) in [6, 6.07) is 4.57. The van der Waals surface area contributed by atoms with Crippen LogP contribution < -0.4 is 5.32 Å². The SMILES string of the molecule is CN1CCOC(CNCc2cc(F)cc(Cl)c2)C1. The molecule has 1 fully saturated rings. The molecular weight excluding hydrogens is 255 g/mol. The van der Waals surface area contributed by atoms with Crippen LogP contribution in [0.4, 0.5) is 4.39 Å². The van der Waals surface area contributed by atoms with Gasteiger partial charge in [-0.15, -0.1) is 0 Å². The van der Waals surface area contributed by atoms with Crippen LogP contribution in [-0.4, -0.2) is 44.3 Å². The predicted molar refractivity (Wildman–Crippen MR) is 70.4 cm³/mol. The molecule has 1 saturated heterocycles. The molecule has 0 radical (unpaired) electrons. The summed E-state index contributed by atoms with van der Waals surface area (Å²) in [6.07, 6.45) is 0.202. The van der Waals surface area contributed by atoms with Gasteiger partial charge in [0, 0.05) is 31.2 Å². The Hall–Kier alpha value is -0.680. The molecule has 0 bridgehead atoms. The average Bonchev–Trinajstić information content (AvgIpc) is 2.27. The van der Waals surface area contributed by atoms with E-state index in [1.54, 1.807) is 6.07 Å². The molecule has 5 heteroatoms. The standard InChI is InChI=1S/C13H18ClFN2O/c1-17-2-3-18-13(9-17)8-16-7-10-4-11(14)6-12(15)5-10/h4-6,13,16H,2-3,7-9H2,1H3. The van der Waals surface area contributed by atoms with Gasteiger partial charge in [-0.2, -0.15) is 0 Å². The number of likely N-dealkylation sites (N-methyl/N-ethyl adjacent to an activating group) is 1. The molecule has 1 unspecified atom stereocenters. The quantitative estimate of drug-likeness (QED) is 0.906. The maximum Gasteiger partial charge on any atom is 0.125 e. The average molecular weight is 273 g/mol. The molecule has 1 atom stereocenters. The summed E-state index contributed by atoms with van der Waals surface area (Å²) in [5.74, 6) is -0.298. The Balaban J connectivity index is 1.77. The molecule has 0 aliphatic carbocycles. The number of hydrogen-bond donors (Lipinski definition) is 1. The highest BCUT2D eigenvalue weighted by molar-refractivity contribution is 6.30. The molecule has 1 N–H and O–H groups in total. The number of rotatable bonds is 4. The normalized spacial score (nSPS) is 21.2. The number of benzene rings is 1. The first-order valence-corrected chi connectivity index (χ1v) is 6.47. The Morgan fingerprint density at radius 3 is 3.06 bits per heavy atom. The first-order chi connectivity index (χ1) is 8.63. The van der Waals surface area contributed by atoms with Crippen molar-refractivity contribution in [1.82, 2.24) is 10.2 Å². The second kappa shape index (κ2) is 6.48. The van der Waals surface area contributed by atoms with E-state index in [1.165, 1.54) is 12.1 Å². The van der Waals surface area contributed by atoms with Crippen molar-refractivity contribution in [3.8, 4) is 0 Å². The maximum atomic E-state index is 13.1. The van der Waals surface area contributed by atoms with Gasteiger partial charge in [0.1, 0.15) is 5.82 Å². The van der Waals surface area contributed by atoms with Gasteiger partial charge in [-0.3, -0.25) is 0 Å². The largest absolute Gasteiger partial charge is 0.374 e. The second-order valence-electron chi connectivity index (χ2n) is 4.66. The third-order valence-electron chi connectivity index (χ3n) is 2.97. The lowest BCUT2D eigenvalue weighted by Gasteiger charge is -2.30. The van der Waals surface area contributed by atoms with Crippen molar-refractivity contribution in [2.45, 2.75) is 12.6 Å². The van der Waals surface area contributed by atoms with Gasteiger partial charge >= 0.3 is 0 Å². The highest BCUT2D eigenvalue weighted by Gasteiger charge is 2.16. The minimum Gasteiger partial charge on any atom is -0.374 e. The zero-order chi connectivity index (χ0) is 13.0. The Bertz CT molecular complexity index is 382. The Morgan fingerprint density at radius 1 is 1.50 bits per heavy atom. The lowest BCUT2D eigenvalue weighted by molar-refractivity contribution is -0.0182. The summed E-state index contributed by atoms with van der Waals surface area (Å²) in [5.41, 5.74) is 0.851. The summed E-state index contributed by atoms with van der Waals surface area (Å²) >= 11 is 5.80. The van der Waals surface area contributed by atoms with Crippen LogP contribution in [-0.2, 0) is 11.3 Å². The topological polar surface area (TPSA) is 24.5 Å². The molecule has 18 heavy (non-hydrogen) atoms. The molecule has 1 aliphatic heterocycles. The molecule has 0 aromatic heterocycles. The number of hydrogen-bond acceptors (Lipinski definition) is 3. The van der Waals surface area contributed by atoms with Crippen LogP contribution in [0, 0.1) is 5.82 Å². The van der Waals surface area contributed by atoms with Crippen LogP contribution in [0.2, 0.25) is 5.02 Å². The molecule has 100 valence electrons. The summed E-state index contributed by atoms with van der Waals surface area (Å²) in [6.45, 7) is 4.04. The zero-order valence-corrected chi connectivity index (χ0v) is 11.2. The van der Waals surface area contributed by atoms with Crippen LogP contribution in [0.25, 0.3) is 0 Å². The maximum absolute atomic E-state index is 13.1. The van der Waals surface area contributed by atoms with Gasteiger partial charge in [0.2, 0.25) is 0 Å². The van der Waals surface area contributed by atoms with E-state index in [4.69, 9.17) is 16.3 Å². The number of nitrogens with one attached hydrogen (secondary N) is 1. The Morgan fingerprint density at radius 2 is 2.33 bits per heavy atom. The van der Waals surface area contributed by atoms with E-state index in [-0.39, 0.29) is 11.9 Å². The van der Waals surface area contributed by atoms with E-state index in [1.807, 2.05) is 0 Å². The number of ether oxygens (including phenoxy) is 1.